The molecule has 0 spiro atoms. The summed E-state index contributed by atoms with van der Waals surface area (Å²) in [7, 11) is 1.61. The van der Waals surface area contributed by atoms with Gasteiger partial charge in [0.25, 0.3) is 0 Å². The SMILES string of the molecule is CC#CC#CC#CCC(=O)C=Cc1ccc(OC)cc1. The lowest BCUT2D eigenvalue weighted by molar-refractivity contribution is -0.113. The van der Waals surface area contributed by atoms with Gasteiger partial charge < -0.3 is 4.74 Å². The van der Waals surface area contributed by atoms with Gasteiger partial charge in [-0.1, -0.05) is 30.0 Å². The fraction of sp³-hybridized carbons (Fsp3) is 0.167. The molecule has 0 fully saturated rings. The average molecular weight is 262 g/mol. The molecule has 0 unspecified atom stereocenters. The number of methoxy groups -OCH3 is 1. The molecule has 0 saturated carbocycles. The van der Waals surface area contributed by atoms with E-state index in [0.717, 1.165) is 11.3 Å². The zero-order chi connectivity index (χ0) is 14.6. The van der Waals surface area contributed by atoms with Crippen LogP contribution in [-0.4, -0.2) is 12.9 Å². The van der Waals surface area contributed by atoms with Crippen molar-refractivity contribution < 1.29 is 9.53 Å². The molecule has 20 heavy (non-hydrogen) atoms. The second kappa shape index (κ2) is 9.09. The summed E-state index contributed by atoms with van der Waals surface area (Å²) in [6.07, 6.45) is 3.41. The van der Waals surface area contributed by atoms with E-state index < -0.39 is 0 Å². The van der Waals surface area contributed by atoms with Gasteiger partial charge in [-0.15, -0.1) is 0 Å². The summed E-state index contributed by atoms with van der Waals surface area (Å²) in [5, 5.41) is 0. The summed E-state index contributed by atoms with van der Waals surface area (Å²) in [6, 6.07) is 7.44. The van der Waals surface area contributed by atoms with Crippen molar-refractivity contribution in [2.75, 3.05) is 7.11 Å². The van der Waals surface area contributed by atoms with Gasteiger partial charge in [-0.2, -0.15) is 0 Å². The highest BCUT2D eigenvalue weighted by Gasteiger charge is 1.93. The number of allylic oxidation sites excluding steroid dienone is 1. The Hall–Kier alpha value is -2.89. The fourth-order valence-corrected chi connectivity index (χ4v) is 1.26. The summed E-state index contributed by atoms with van der Waals surface area (Å²) in [5.74, 6) is 16.3. The lowest BCUT2D eigenvalue weighted by Gasteiger charge is -1.98. The molecule has 0 atom stereocenters. The topological polar surface area (TPSA) is 26.3 Å². The first-order valence-electron chi connectivity index (χ1n) is 6.01. The maximum absolute atomic E-state index is 11.5. The van der Waals surface area contributed by atoms with Gasteiger partial charge in [-0.05, 0) is 54.4 Å². The maximum atomic E-state index is 11.5. The number of rotatable bonds is 4. The van der Waals surface area contributed by atoms with Crippen molar-refractivity contribution in [1.82, 2.24) is 0 Å². The number of hydrogen-bond acceptors (Lipinski definition) is 2. The third kappa shape index (κ3) is 6.15. The summed E-state index contributed by atoms with van der Waals surface area (Å²) < 4.78 is 5.06. The first-order valence-corrected chi connectivity index (χ1v) is 6.01. The second-order valence-electron chi connectivity index (χ2n) is 3.68. The Balaban J connectivity index is 2.50. The molecule has 1 aromatic carbocycles. The van der Waals surface area contributed by atoms with E-state index in [1.165, 1.54) is 6.08 Å². The number of benzene rings is 1. The maximum Gasteiger partial charge on any atom is 0.167 e. The minimum Gasteiger partial charge on any atom is -0.497 e. The van der Waals surface area contributed by atoms with Crippen LogP contribution in [0.3, 0.4) is 0 Å². The first-order chi connectivity index (χ1) is 9.76. The fourth-order valence-electron chi connectivity index (χ4n) is 1.26. The van der Waals surface area contributed by atoms with E-state index in [1.807, 2.05) is 24.3 Å². The van der Waals surface area contributed by atoms with E-state index in [2.05, 4.69) is 35.5 Å². The first kappa shape index (κ1) is 15.2. The molecular weight excluding hydrogens is 248 g/mol. The number of carbonyl (C=O) groups excluding carboxylic acids is 1. The van der Waals surface area contributed by atoms with Gasteiger partial charge in [0, 0.05) is 0 Å². The Morgan fingerprint density at radius 2 is 1.85 bits per heavy atom. The van der Waals surface area contributed by atoms with Crippen LogP contribution >= 0.6 is 0 Å². The third-order valence-electron chi connectivity index (χ3n) is 2.24. The quantitative estimate of drug-likeness (QED) is 0.616. The molecule has 0 aliphatic heterocycles. The molecule has 1 aromatic rings. The zero-order valence-electron chi connectivity index (χ0n) is 11.5. The zero-order valence-corrected chi connectivity index (χ0v) is 11.5. The van der Waals surface area contributed by atoms with Gasteiger partial charge in [-0.25, -0.2) is 0 Å². The van der Waals surface area contributed by atoms with Crippen LogP contribution < -0.4 is 4.74 Å². The van der Waals surface area contributed by atoms with Gasteiger partial charge in [-0.3, -0.25) is 4.79 Å². The highest BCUT2D eigenvalue weighted by Crippen LogP contribution is 2.12. The Morgan fingerprint density at radius 1 is 1.15 bits per heavy atom. The van der Waals surface area contributed by atoms with Crippen molar-refractivity contribution in [1.29, 1.82) is 0 Å². The lowest BCUT2D eigenvalue weighted by Crippen LogP contribution is -1.89. The van der Waals surface area contributed by atoms with E-state index in [0.29, 0.717) is 0 Å². The number of ether oxygens (including phenoxy) is 1. The van der Waals surface area contributed by atoms with Gasteiger partial charge in [0.15, 0.2) is 5.78 Å². The summed E-state index contributed by atoms with van der Waals surface area (Å²) in [6.45, 7) is 1.70. The van der Waals surface area contributed by atoms with Crippen LogP contribution in [0.5, 0.6) is 5.75 Å². The smallest absolute Gasteiger partial charge is 0.167 e. The van der Waals surface area contributed by atoms with E-state index in [1.54, 1.807) is 20.1 Å². The summed E-state index contributed by atoms with van der Waals surface area (Å²) in [5.41, 5.74) is 0.935. The van der Waals surface area contributed by atoms with Crippen LogP contribution in [-0.2, 0) is 4.79 Å². The Kier molecular flexibility index (Phi) is 6.90. The summed E-state index contributed by atoms with van der Waals surface area (Å²) >= 11 is 0. The highest BCUT2D eigenvalue weighted by molar-refractivity contribution is 5.95. The van der Waals surface area contributed by atoms with E-state index in [-0.39, 0.29) is 12.2 Å². The molecule has 0 aromatic heterocycles. The number of carbonyl (C=O) groups is 1. The van der Waals surface area contributed by atoms with E-state index >= 15 is 0 Å². The molecule has 0 bridgehead atoms. The van der Waals surface area contributed by atoms with Gasteiger partial charge in [0.2, 0.25) is 0 Å². The van der Waals surface area contributed by atoms with Crippen LogP contribution in [0.4, 0.5) is 0 Å². The average Bonchev–Trinajstić information content (AvgIpc) is 2.49. The van der Waals surface area contributed by atoms with Crippen molar-refractivity contribution >= 4 is 11.9 Å². The Labute approximate surface area is 119 Å². The molecule has 2 heteroatoms. The van der Waals surface area contributed by atoms with Gasteiger partial charge >= 0.3 is 0 Å². The molecular formula is C18H14O2. The Bertz CT molecular complexity index is 660. The summed E-state index contributed by atoms with van der Waals surface area (Å²) in [4.78, 5) is 11.5. The second-order valence-corrected chi connectivity index (χ2v) is 3.68. The van der Waals surface area contributed by atoms with Crippen molar-refractivity contribution in [3.63, 3.8) is 0 Å². The standard InChI is InChI=1S/C18H14O2/c1-3-4-5-6-7-8-9-17(19)13-10-16-11-14-18(20-2)15-12-16/h10-15H,9H2,1-2H3. The van der Waals surface area contributed by atoms with Crippen molar-refractivity contribution in [3.05, 3.63) is 35.9 Å². The largest absolute Gasteiger partial charge is 0.497 e. The molecule has 0 aliphatic rings. The third-order valence-corrected chi connectivity index (χ3v) is 2.24. The van der Waals surface area contributed by atoms with Crippen LogP contribution in [0.25, 0.3) is 6.08 Å². The molecule has 1 rings (SSSR count). The van der Waals surface area contributed by atoms with Crippen molar-refractivity contribution in [2.24, 2.45) is 0 Å². The Morgan fingerprint density at radius 3 is 2.50 bits per heavy atom. The number of ketones is 1. The predicted molar refractivity (Wildman–Crippen MR) is 80.7 cm³/mol. The van der Waals surface area contributed by atoms with Crippen LogP contribution in [0.2, 0.25) is 0 Å². The van der Waals surface area contributed by atoms with Crippen molar-refractivity contribution in [3.8, 4) is 41.3 Å². The normalized spacial score (nSPS) is 8.50. The van der Waals surface area contributed by atoms with E-state index in [9.17, 15) is 4.79 Å². The molecule has 98 valence electrons. The van der Waals surface area contributed by atoms with Crippen LogP contribution in [0, 0.1) is 35.5 Å². The minimum atomic E-state index is -0.0586. The predicted octanol–water partition coefficient (Wildman–Crippen LogP) is 2.70. The van der Waals surface area contributed by atoms with E-state index in [4.69, 9.17) is 4.74 Å². The minimum absolute atomic E-state index is 0.0586. The van der Waals surface area contributed by atoms with Gasteiger partial charge in [0.1, 0.15) is 5.75 Å². The molecule has 0 amide bonds. The monoisotopic (exact) mass is 262 g/mol. The van der Waals surface area contributed by atoms with Crippen molar-refractivity contribution in [2.45, 2.75) is 13.3 Å². The molecule has 0 N–H and O–H groups in total. The molecule has 0 saturated heterocycles. The molecule has 0 aliphatic carbocycles. The molecule has 0 heterocycles. The van der Waals surface area contributed by atoms with Gasteiger partial charge in [0.05, 0.1) is 13.5 Å². The number of hydrogen-bond donors (Lipinski definition) is 0. The molecule has 0 radical (unpaired) electrons. The lowest BCUT2D eigenvalue weighted by atomic mass is 10.1. The van der Waals surface area contributed by atoms with Crippen LogP contribution in [0.1, 0.15) is 18.9 Å². The molecule has 2 nitrogen and oxygen atoms in total. The van der Waals surface area contributed by atoms with Crippen LogP contribution in [0.15, 0.2) is 30.3 Å². The highest BCUT2D eigenvalue weighted by atomic mass is 16.5.